The van der Waals surface area contributed by atoms with Crippen LogP contribution in [0.25, 0.3) is 0 Å². The Balaban J connectivity index is 3.08. The lowest BCUT2D eigenvalue weighted by Gasteiger charge is -2.10. The summed E-state index contributed by atoms with van der Waals surface area (Å²) in [6.45, 7) is 18.0. The van der Waals surface area contributed by atoms with E-state index in [9.17, 15) is 4.79 Å². The molecule has 0 aromatic rings. The zero-order valence-corrected chi connectivity index (χ0v) is 22.1. The first-order valence-electron chi connectivity index (χ1n) is 12.5. The minimum absolute atomic E-state index is 0.207. The Bertz CT molecular complexity index is 475. The fourth-order valence-corrected chi connectivity index (χ4v) is 2.26. The number of esters is 1. The summed E-state index contributed by atoms with van der Waals surface area (Å²) >= 11 is 0. The van der Waals surface area contributed by atoms with Crippen molar-refractivity contribution in [3.05, 3.63) is 12.2 Å². The zero-order valence-electron chi connectivity index (χ0n) is 22.1. The molecule has 0 aliphatic carbocycles. The molecular weight excluding hydrogens is 460 g/mol. The zero-order chi connectivity index (χ0) is 25.8. The van der Waals surface area contributed by atoms with E-state index in [1.165, 1.54) is 0 Å². The molecule has 1 unspecified atom stereocenters. The van der Waals surface area contributed by atoms with Crippen molar-refractivity contribution >= 4 is 5.97 Å². The third-order valence-electron chi connectivity index (χ3n) is 4.51. The van der Waals surface area contributed by atoms with Gasteiger partial charge in [0.05, 0.1) is 99.1 Å². The van der Waals surface area contributed by atoms with Crippen molar-refractivity contribution in [2.24, 2.45) is 5.92 Å². The van der Waals surface area contributed by atoms with Gasteiger partial charge in [-0.3, -0.25) is 0 Å². The van der Waals surface area contributed by atoms with Crippen molar-refractivity contribution in [1.82, 2.24) is 0 Å². The van der Waals surface area contributed by atoms with E-state index in [-0.39, 0.29) is 6.61 Å². The van der Waals surface area contributed by atoms with Crippen LogP contribution in [0.2, 0.25) is 0 Å². The van der Waals surface area contributed by atoms with Crippen LogP contribution < -0.4 is 0 Å². The van der Waals surface area contributed by atoms with E-state index in [1.807, 2.05) is 0 Å². The van der Waals surface area contributed by atoms with E-state index in [2.05, 4.69) is 20.4 Å². The van der Waals surface area contributed by atoms with Gasteiger partial charge < -0.3 is 42.6 Å². The van der Waals surface area contributed by atoms with Crippen LogP contribution in [-0.4, -0.2) is 118 Å². The fraction of sp³-hybridized carbons (Fsp3) is 0.880. The summed E-state index contributed by atoms with van der Waals surface area (Å²) in [6.07, 6.45) is 1.13. The fourth-order valence-electron chi connectivity index (χ4n) is 2.26. The molecule has 0 spiro atoms. The molecule has 0 amide bonds. The summed E-state index contributed by atoms with van der Waals surface area (Å²) < 4.78 is 48.3. The van der Waals surface area contributed by atoms with E-state index in [0.29, 0.717) is 111 Å². The summed E-state index contributed by atoms with van der Waals surface area (Å²) in [7, 11) is 0. The number of hydrogen-bond donors (Lipinski definition) is 0. The van der Waals surface area contributed by atoms with Crippen molar-refractivity contribution in [3.8, 4) is 0 Å². The van der Waals surface area contributed by atoms with Gasteiger partial charge in [-0.15, -0.1) is 0 Å². The molecule has 0 N–H and O–H groups in total. The molecular formula is C25H48O10. The molecule has 208 valence electrons. The first-order valence-corrected chi connectivity index (χ1v) is 12.5. The SMILES string of the molecule is C=C(C)C(=O)OCCOCCOCCOCCOCCOCCOCCOCCOCC(C)CC. The highest BCUT2D eigenvalue weighted by Gasteiger charge is 2.02. The van der Waals surface area contributed by atoms with Crippen molar-refractivity contribution in [2.75, 3.05) is 112 Å². The Morgan fingerprint density at radius 3 is 1.14 bits per heavy atom. The van der Waals surface area contributed by atoms with Crippen molar-refractivity contribution in [2.45, 2.75) is 27.2 Å². The maximum absolute atomic E-state index is 11.1. The van der Waals surface area contributed by atoms with E-state index in [4.69, 9.17) is 42.6 Å². The maximum atomic E-state index is 11.1. The molecule has 0 aliphatic rings. The lowest BCUT2D eigenvalue weighted by atomic mass is 10.1. The average Bonchev–Trinajstić information content (AvgIpc) is 2.85. The van der Waals surface area contributed by atoms with Gasteiger partial charge in [-0.05, 0) is 12.8 Å². The predicted molar refractivity (Wildman–Crippen MR) is 132 cm³/mol. The molecule has 0 heterocycles. The lowest BCUT2D eigenvalue weighted by molar-refractivity contribution is -0.140. The third-order valence-corrected chi connectivity index (χ3v) is 4.51. The standard InChI is InChI=1S/C25H48O10/c1-5-24(4)22-34-19-18-32-15-14-30-11-10-28-7-6-27-8-9-29-12-13-31-16-17-33-20-21-35-25(26)23(2)3/h24H,2,5-22H2,1,3-4H3. The normalized spacial score (nSPS) is 12.1. The maximum Gasteiger partial charge on any atom is 0.333 e. The minimum Gasteiger partial charge on any atom is -0.460 e. The highest BCUT2D eigenvalue weighted by molar-refractivity contribution is 5.86. The molecule has 0 rings (SSSR count). The summed E-state index contributed by atoms with van der Waals surface area (Å²) in [5.41, 5.74) is 0.375. The van der Waals surface area contributed by atoms with Gasteiger partial charge in [-0.25, -0.2) is 4.79 Å². The van der Waals surface area contributed by atoms with Gasteiger partial charge in [-0.1, -0.05) is 26.8 Å². The van der Waals surface area contributed by atoms with Gasteiger partial charge in [0.2, 0.25) is 0 Å². The Labute approximate surface area is 211 Å². The highest BCUT2D eigenvalue weighted by Crippen LogP contribution is 2.00. The summed E-state index contributed by atoms with van der Waals surface area (Å²) in [5.74, 6) is 0.190. The predicted octanol–water partition coefficient (Wildman–Crippen LogP) is 2.28. The quantitative estimate of drug-likeness (QED) is 0.0889. The van der Waals surface area contributed by atoms with Crippen molar-refractivity contribution < 1.29 is 47.4 Å². The Morgan fingerprint density at radius 2 is 0.857 bits per heavy atom. The Hall–Kier alpha value is -1.11. The van der Waals surface area contributed by atoms with Crippen LogP contribution in [0, 0.1) is 5.92 Å². The first kappa shape index (κ1) is 33.9. The van der Waals surface area contributed by atoms with Crippen LogP contribution in [0.3, 0.4) is 0 Å². The summed E-state index contributed by atoms with van der Waals surface area (Å²) in [6, 6.07) is 0. The third kappa shape index (κ3) is 27.3. The molecule has 0 saturated heterocycles. The summed E-state index contributed by atoms with van der Waals surface area (Å²) in [4.78, 5) is 11.1. The van der Waals surface area contributed by atoms with Crippen LogP contribution in [-0.2, 0) is 47.4 Å². The number of carbonyl (C=O) groups is 1. The lowest BCUT2D eigenvalue weighted by Crippen LogP contribution is -2.15. The smallest absolute Gasteiger partial charge is 0.333 e. The van der Waals surface area contributed by atoms with E-state index in [1.54, 1.807) is 6.92 Å². The van der Waals surface area contributed by atoms with E-state index >= 15 is 0 Å². The number of rotatable bonds is 28. The van der Waals surface area contributed by atoms with Crippen LogP contribution in [0.5, 0.6) is 0 Å². The van der Waals surface area contributed by atoms with Gasteiger partial charge >= 0.3 is 5.97 Å². The second kappa shape index (κ2) is 27.5. The van der Waals surface area contributed by atoms with Gasteiger partial charge in [0.15, 0.2) is 0 Å². The number of carbonyl (C=O) groups excluding carboxylic acids is 1. The number of hydrogen-bond acceptors (Lipinski definition) is 10. The molecule has 0 radical (unpaired) electrons. The van der Waals surface area contributed by atoms with Gasteiger partial charge in [0.1, 0.15) is 6.61 Å². The van der Waals surface area contributed by atoms with Crippen molar-refractivity contribution in [3.63, 3.8) is 0 Å². The van der Waals surface area contributed by atoms with Gasteiger partial charge in [0.25, 0.3) is 0 Å². The molecule has 0 aromatic carbocycles. The molecule has 0 aromatic heterocycles. The molecule has 0 fully saturated rings. The van der Waals surface area contributed by atoms with Crippen LogP contribution >= 0.6 is 0 Å². The molecule has 0 bridgehead atoms. The topological polar surface area (TPSA) is 100 Å². The molecule has 10 nitrogen and oxygen atoms in total. The molecule has 1 atom stereocenters. The first-order chi connectivity index (χ1) is 17.1. The summed E-state index contributed by atoms with van der Waals surface area (Å²) in [5, 5.41) is 0. The van der Waals surface area contributed by atoms with Gasteiger partial charge in [-0.2, -0.15) is 0 Å². The van der Waals surface area contributed by atoms with Gasteiger partial charge in [0, 0.05) is 12.2 Å². The van der Waals surface area contributed by atoms with Crippen LogP contribution in [0.15, 0.2) is 12.2 Å². The second-order valence-corrected chi connectivity index (χ2v) is 7.79. The average molecular weight is 509 g/mol. The largest absolute Gasteiger partial charge is 0.460 e. The Morgan fingerprint density at radius 1 is 0.571 bits per heavy atom. The monoisotopic (exact) mass is 508 g/mol. The van der Waals surface area contributed by atoms with Crippen molar-refractivity contribution in [1.29, 1.82) is 0 Å². The second-order valence-electron chi connectivity index (χ2n) is 7.79. The minimum atomic E-state index is -0.407. The van der Waals surface area contributed by atoms with Crippen LogP contribution in [0.1, 0.15) is 27.2 Å². The molecule has 0 saturated carbocycles. The van der Waals surface area contributed by atoms with E-state index < -0.39 is 5.97 Å². The molecule has 10 heteroatoms. The highest BCUT2D eigenvalue weighted by atomic mass is 16.6. The Kier molecular flexibility index (Phi) is 26.6. The van der Waals surface area contributed by atoms with E-state index in [0.717, 1.165) is 13.0 Å². The molecule has 35 heavy (non-hydrogen) atoms. The number of ether oxygens (including phenoxy) is 9. The molecule has 0 aliphatic heterocycles. The van der Waals surface area contributed by atoms with Crippen LogP contribution in [0.4, 0.5) is 0 Å².